The average Bonchev–Trinajstić information content (AvgIpc) is 1.75. The fourth-order valence-electron chi connectivity index (χ4n) is 2.23. The molecule has 0 spiro atoms. The first-order chi connectivity index (χ1) is 6.38. The zero-order valence-corrected chi connectivity index (χ0v) is 10.4. The monoisotopic (exact) mass is 198 g/mol. The second-order valence-electron chi connectivity index (χ2n) is 6.15. The van der Waals surface area contributed by atoms with Crippen LogP contribution >= 0.6 is 0 Å². The summed E-state index contributed by atoms with van der Waals surface area (Å²) in [4.78, 5) is 2.48. The maximum atomic E-state index is 3.35. The maximum absolute atomic E-state index is 3.35. The summed E-state index contributed by atoms with van der Waals surface area (Å²) in [6.45, 7) is 14.2. The van der Waals surface area contributed by atoms with Gasteiger partial charge in [-0.2, -0.15) is 0 Å². The molecule has 1 rings (SSSR count). The predicted octanol–water partition coefficient (Wildman–Crippen LogP) is 1.82. The molecular formula is C12H26N2. The standard InChI is InChI=1S/C12H26N2/c1-10(11-6-13-7-11)8-14(5)9-12(2,3)4/h10-11,13H,6-9H2,1-5H3. The highest BCUT2D eigenvalue weighted by Gasteiger charge is 2.25. The second kappa shape index (κ2) is 4.63. The van der Waals surface area contributed by atoms with Gasteiger partial charge in [0.05, 0.1) is 0 Å². The molecule has 0 aromatic heterocycles. The molecule has 0 saturated carbocycles. The van der Waals surface area contributed by atoms with Gasteiger partial charge in [0.25, 0.3) is 0 Å². The third kappa shape index (κ3) is 3.97. The highest BCUT2D eigenvalue weighted by atomic mass is 15.1. The van der Waals surface area contributed by atoms with Crippen molar-refractivity contribution in [3.05, 3.63) is 0 Å². The van der Waals surface area contributed by atoms with E-state index in [1.165, 1.54) is 26.2 Å². The molecule has 0 aromatic carbocycles. The van der Waals surface area contributed by atoms with Crippen LogP contribution in [0, 0.1) is 17.3 Å². The molecule has 1 atom stereocenters. The first-order valence-electron chi connectivity index (χ1n) is 5.78. The van der Waals surface area contributed by atoms with Gasteiger partial charge in [-0.25, -0.2) is 0 Å². The number of rotatable bonds is 4. The molecule has 0 radical (unpaired) electrons. The van der Waals surface area contributed by atoms with Crippen molar-refractivity contribution in [2.75, 3.05) is 33.2 Å². The van der Waals surface area contributed by atoms with Gasteiger partial charge in [-0.1, -0.05) is 27.7 Å². The second-order valence-corrected chi connectivity index (χ2v) is 6.15. The molecule has 0 aliphatic carbocycles. The highest BCUT2D eigenvalue weighted by Crippen LogP contribution is 2.19. The minimum absolute atomic E-state index is 0.423. The Labute approximate surface area is 89.1 Å². The van der Waals surface area contributed by atoms with E-state index in [0.717, 1.165) is 11.8 Å². The molecule has 1 N–H and O–H groups in total. The Morgan fingerprint density at radius 3 is 2.29 bits per heavy atom. The van der Waals surface area contributed by atoms with Gasteiger partial charge in [-0.05, 0) is 37.4 Å². The molecule has 14 heavy (non-hydrogen) atoms. The van der Waals surface area contributed by atoms with Crippen molar-refractivity contribution < 1.29 is 0 Å². The first kappa shape index (κ1) is 12.0. The summed E-state index contributed by atoms with van der Waals surface area (Å²) in [5, 5.41) is 3.35. The normalized spacial score (nSPS) is 21.0. The molecule has 1 heterocycles. The van der Waals surface area contributed by atoms with Crippen LogP contribution < -0.4 is 5.32 Å². The molecule has 1 fully saturated rings. The van der Waals surface area contributed by atoms with Gasteiger partial charge in [0, 0.05) is 13.1 Å². The van der Waals surface area contributed by atoms with E-state index in [9.17, 15) is 0 Å². The SMILES string of the molecule is CC(CN(C)CC(C)(C)C)C1CNC1. The average molecular weight is 198 g/mol. The Morgan fingerprint density at radius 2 is 1.93 bits per heavy atom. The van der Waals surface area contributed by atoms with Crippen molar-refractivity contribution in [1.29, 1.82) is 0 Å². The molecule has 0 aromatic rings. The van der Waals surface area contributed by atoms with Gasteiger partial charge in [-0.3, -0.25) is 0 Å². The van der Waals surface area contributed by atoms with E-state index in [2.05, 4.69) is 45.0 Å². The van der Waals surface area contributed by atoms with Gasteiger partial charge >= 0.3 is 0 Å². The molecule has 0 amide bonds. The molecule has 84 valence electrons. The number of hydrogen-bond acceptors (Lipinski definition) is 2. The Kier molecular flexibility index (Phi) is 3.96. The molecule has 2 heteroatoms. The molecule has 1 saturated heterocycles. The summed E-state index contributed by atoms with van der Waals surface area (Å²) in [7, 11) is 2.24. The summed E-state index contributed by atoms with van der Waals surface area (Å²) in [5.74, 6) is 1.75. The minimum atomic E-state index is 0.423. The molecule has 1 aliphatic heterocycles. The van der Waals surface area contributed by atoms with Crippen molar-refractivity contribution in [2.24, 2.45) is 17.3 Å². The zero-order chi connectivity index (χ0) is 10.8. The fourth-order valence-corrected chi connectivity index (χ4v) is 2.23. The van der Waals surface area contributed by atoms with Crippen LogP contribution in [-0.4, -0.2) is 38.1 Å². The van der Waals surface area contributed by atoms with Crippen molar-refractivity contribution in [1.82, 2.24) is 10.2 Å². The van der Waals surface area contributed by atoms with Gasteiger partial charge < -0.3 is 10.2 Å². The number of nitrogens with zero attached hydrogens (tertiary/aromatic N) is 1. The smallest absolute Gasteiger partial charge is 0.00271 e. The third-order valence-electron chi connectivity index (χ3n) is 2.96. The molecule has 2 nitrogen and oxygen atoms in total. The van der Waals surface area contributed by atoms with E-state index in [4.69, 9.17) is 0 Å². The Hall–Kier alpha value is -0.0800. The fraction of sp³-hybridized carbons (Fsp3) is 1.00. The summed E-state index contributed by atoms with van der Waals surface area (Å²) >= 11 is 0. The maximum Gasteiger partial charge on any atom is 0.00271 e. The summed E-state index contributed by atoms with van der Waals surface area (Å²) in [6.07, 6.45) is 0. The third-order valence-corrected chi connectivity index (χ3v) is 2.96. The van der Waals surface area contributed by atoms with Crippen LogP contribution in [0.2, 0.25) is 0 Å². The Morgan fingerprint density at radius 1 is 1.36 bits per heavy atom. The lowest BCUT2D eigenvalue weighted by Gasteiger charge is -2.36. The largest absolute Gasteiger partial charge is 0.316 e. The number of nitrogens with one attached hydrogen (secondary N) is 1. The van der Waals surface area contributed by atoms with Crippen LogP contribution in [0.25, 0.3) is 0 Å². The lowest BCUT2D eigenvalue weighted by molar-refractivity contribution is 0.155. The van der Waals surface area contributed by atoms with E-state index >= 15 is 0 Å². The zero-order valence-electron chi connectivity index (χ0n) is 10.4. The van der Waals surface area contributed by atoms with E-state index in [1.807, 2.05) is 0 Å². The van der Waals surface area contributed by atoms with Crippen LogP contribution in [0.1, 0.15) is 27.7 Å². The minimum Gasteiger partial charge on any atom is -0.316 e. The van der Waals surface area contributed by atoms with Gasteiger partial charge in [0.2, 0.25) is 0 Å². The summed E-state index contributed by atoms with van der Waals surface area (Å²) in [6, 6.07) is 0. The molecule has 1 aliphatic rings. The molecule has 1 unspecified atom stereocenters. The summed E-state index contributed by atoms with van der Waals surface area (Å²) < 4.78 is 0. The van der Waals surface area contributed by atoms with Crippen molar-refractivity contribution in [2.45, 2.75) is 27.7 Å². The lowest BCUT2D eigenvalue weighted by Crippen LogP contribution is -2.48. The Balaban J connectivity index is 2.21. The van der Waals surface area contributed by atoms with E-state index in [0.29, 0.717) is 5.41 Å². The predicted molar refractivity (Wildman–Crippen MR) is 62.5 cm³/mol. The quantitative estimate of drug-likeness (QED) is 0.741. The highest BCUT2D eigenvalue weighted by molar-refractivity contribution is 4.81. The van der Waals surface area contributed by atoms with E-state index in [1.54, 1.807) is 0 Å². The Bertz CT molecular complexity index is 168. The number of hydrogen-bond donors (Lipinski definition) is 1. The van der Waals surface area contributed by atoms with Crippen LogP contribution in [-0.2, 0) is 0 Å². The lowest BCUT2D eigenvalue weighted by atomic mass is 9.88. The van der Waals surface area contributed by atoms with Gasteiger partial charge in [0.1, 0.15) is 0 Å². The van der Waals surface area contributed by atoms with Gasteiger partial charge in [0.15, 0.2) is 0 Å². The van der Waals surface area contributed by atoms with Crippen molar-refractivity contribution >= 4 is 0 Å². The van der Waals surface area contributed by atoms with Crippen molar-refractivity contribution in [3.8, 4) is 0 Å². The van der Waals surface area contributed by atoms with Gasteiger partial charge in [-0.15, -0.1) is 0 Å². The van der Waals surface area contributed by atoms with Crippen LogP contribution in [0.5, 0.6) is 0 Å². The van der Waals surface area contributed by atoms with Crippen molar-refractivity contribution in [3.63, 3.8) is 0 Å². The van der Waals surface area contributed by atoms with E-state index < -0.39 is 0 Å². The molecular weight excluding hydrogens is 172 g/mol. The summed E-state index contributed by atoms with van der Waals surface area (Å²) in [5.41, 5.74) is 0.423. The van der Waals surface area contributed by atoms with E-state index in [-0.39, 0.29) is 0 Å². The molecule has 0 bridgehead atoms. The van der Waals surface area contributed by atoms with Crippen LogP contribution in [0.15, 0.2) is 0 Å². The first-order valence-corrected chi connectivity index (χ1v) is 5.78. The van der Waals surface area contributed by atoms with Crippen LogP contribution in [0.3, 0.4) is 0 Å². The van der Waals surface area contributed by atoms with Crippen LogP contribution in [0.4, 0.5) is 0 Å². The topological polar surface area (TPSA) is 15.3 Å².